The molecule has 9 nitrogen and oxygen atoms in total. The second kappa shape index (κ2) is 19.2. The summed E-state index contributed by atoms with van der Waals surface area (Å²) in [5.41, 5.74) is 0. The first-order valence-electron chi connectivity index (χ1n) is 12.9. The number of hydrogen-bond donors (Lipinski definition) is 3. The lowest BCUT2D eigenvalue weighted by Crippen LogP contribution is -2.43. The van der Waals surface area contributed by atoms with Crippen molar-refractivity contribution >= 4 is 19.7 Å². The van der Waals surface area contributed by atoms with Crippen molar-refractivity contribution in [3.63, 3.8) is 0 Å². The van der Waals surface area contributed by atoms with Crippen LogP contribution in [0.2, 0.25) is 0 Å². The van der Waals surface area contributed by atoms with Gasteiger partial charge in [0.15, 0.2) is 6.04 Å². The number of quaternary nitrogens is 1. The van der Waals surface area contributed by atoms with E-state index >= 15 is 0 Å². The van der Waals surface area contributed by atoms with Gasteiger partial charge in [-0.05, 0) is 6.42 Å². The number of unbranched alkanes of at least 4 members (excludes halogenated alkanes) is 12. The Bertz CT molecular complexity index is 596. The van der Waals surface area contributed by atoms with Crippen molar-refractivity contribution in [2.75, 3.05) is 40.9 Å². The van der Waals surface area contributed by atoms with Gasteiger partial charge in [-0.15, -0.1) is 0 Å². The third kappa shape index (κ3) is 21.5. The van der Waals surface area contributed by atoms with Crippen LogP contribution >= 0.6 is 7.82 Å². The number of nitrogens with one attached hydrogen (secondary N) is 1. The number of hydrogen-bond acceptors (Lipinski definition) is 5. The maximum Gasteiger partial charge on any atom is 0.472 e. The lowest BCUT2D eigenvalue weighted by molar-refractivity contribution is -0.870. The summed E-state index contributed by atoms with van der Waals surface area (Å²) in [6.45, 7) is 2.06. The largest absolute Gasteiger partial charge is 0.480 e. The zero-order valence-electron chi connectivity index (χ0n) is 21.9. The molecule has 0 aliphatic carbocycles. The van der Waals surface area contributed by atoms with E-state index in [0.717, 1.165) is 19.3 Å². The molecule has 202 valence electrons. The molecule has 0 aromatic carbocycles. The van der Waals surface area contributed by atoms with Crippen LogP contribution in [0.15, 0.2) is 0 Å². The fraction of sp³-hybridized carbons (Fsp3) is 0.917. The SMILES string of the molecule is CCCCCCCCCCCCCCCC(=O)N[C@H](COP(=O)(O)OCC[N+](C)(C)C)C(=O)O. The van der Waals surface area contributed by atoms with Crippen LogP contribution in [-0.4, -0.2) is 73.3 Å². The lowest BCUT2D eigenvalue weighted by atomic mass is 10.0. The highest BCUT2D eigenvalue weighted by Crippen LogP contribution is 2.43. The van der Waals surface area contributed by atoms with Crippen LogP contribution in [0.3, 0.4) is 0 Å². The summed E-state index contributed by atoms with van der Waals surface area (Å²) in [5.74, 6) is -1.73. The van der Waals surface area contributed by atoms with Crippen molar-refractivity contribution in [2.24, 2.45) is 0 Å². The Balaban J connectivity index is 3.90. The molecule has 0 fully saturated rings. The predicted octanol–water partition coefficient (Wildman–Crippen LogP) is 4.88. The predicted molar refractivity (Wildman–Crippen MR) is 135 cm³/mol. The third-order valence-electron chi connectivity index (χ3n) is 5.56. The van der Waals surface area contributed by atoms with Crippen molar-refractivity contribution in [2.45, 2.75) is 103 Å². The van der Waals surface area contributed by atoms with Gasteiger partial charge in [-0.3, -0.25) is 13.8 Å². The van der Waals surface area contributed by atoms with Crippen molar-refractivity contribution < 1.29 is 37.7 Å². The summed E-state index contributed by atoms with van der Waals surface area (Å²) in [6, 6.07) is -1.41. The van der Waals surface area contributed by atoms with Crippen LogP contribution in [0.1, 0.15) is 96.8 Å². The molecule has 0 aromatic heterocycles. The molecule has 0 aromatic rings. The number of carboxylic acid groups (broad SMARTS) is 1. The van der Waals surface area contributed by atoms with Gasteiger partial charge in [0.25, 0.3) is 0 Å². The maximum absolute atomic E-state index is 12.1. The van der Waals surface area contributed by atoms with Gasteiger partial charge in [0.1, 0.15) is 13.2 Å². The highest BCUT2D eigenvalue weighted by Gasteiger charge is 2.28. The van der Waals surface area contributed by atoms with E-state index in [1.807, 2.05) is 21.1 Å². The Morgan fingerprint density at radius 1 is 0.853 bits per heavy atom. The zero-order chi connectivity index (χ0) is 25.9. The number of aliphatic carboxylic acids is 1. The molecule has 0 bridgehead atoms. The Labute approximate surface area is 206 Å². The van der Waals surface area contributed by atoms with Crippen molar-refractivity contribution in [3.8, 4) is 0 Å². The molecular formula is C24H50N2O7P+. The number of nitrogens with zero attached hydrogens (tertiary/aromatic N) is 1. The van der Waals surface area contributed by atoms with E-state index in [4.69, 9.17) is 9.05 Å². The molecule has 0 aliphatic heterocycles. The summed E-state index contributed by atoms with van der Waals surface area (Å²) in [6.07, 6.45) is 15.9. The van der Waals surface area contributed by atoms with Crippen molar-refractivity contribution in [1.82, 2.24) is 5.32 Å². The second-order valence-electron chi connectivity index (χ2n) is 10.1. The van der Waals surface area contributed by atoms with Crippen LogP contribution < -0.4 is 5.32 Å². The minimum atomic E-state index is -4.39. The molecule has 1 amide bonds. The van der Waals surface area contributed by atoms with Crippen LogP contribution in [-0.2, 0) is 23.2 Å². The number of phosphoric acid groups is 1. The topological polar surface area (TPSA) is 122 Å². The van der Waals surface area contributed by atoms with Gasteiger partial charge >= 0.3 is 13.8 Å². The quantitative estimate of drug-likeness (QED) is 0.102. The first kappa shape index (κ1) is 33.0. The number of amides is 1. The number of likely N-dealkylation sites (N-methyl/N-ethyl adjacent to an activating group) is 1. The zero-order valence-corrected chi connectivity index (χ0v) is 22.8. The van der Waals surface area contributed by atoms with Crippen LogP contribution in [0, 0.1) is 0 Å². The van der Waals surface area contributed by atoms with Crippen LogP contribution in [0.5, 0.6) is 0 Å². The Hall–Kier alpha value is -0.990. The van der Waals surface area contributed by atoms with Crippen molar-refractivity contribution in [1.29, 1.82) is 0 Å². The summed E-state index contributed by atoms with van der Waals surface area (Å²) in [7, 11) is 1.32. The molecule has 0 saturated carbocycles. The molecule has 34 heavy (non-hydrogen) atoms. The highest BCUT2D eigenvalue weighted by atomic mass is 31.2. The first-order chi connectivity index (χ1) is 16.0. The molecule has 3 N–H and O–H groups in total. The summed E-state index contributed by atoms with van der Waals surface area (Å²) < 4.78 is 22.1. The van der Waals surface area contributed by atoms with Crippen LogP contribution in [0.25, 0.3) is 0 Å². The van der Waals surface area contributed by atoms with Gasteiger partial charge in [-0.2, -0.15) is 0 Å². The highest BCUT2D eigenvalue weighted by molar-refractivity contribution is 7.47. The second-order valence-corrected chi connectivity index (χ2v) is 11.5. The van der Waals surface area contributed by atoms with Gasteiger partial charge in [0.05, 0.1) is 27.7 Å². The van der Waals surface area contributed by atoms with Gasteiger partial charge in [0, 0.05) is 6.42 Å². The average Bonchev–Trinajstić information content (AvgIpc) is 2.73. The maximum atomic E-state index is 12.1. The normalized spacial score (nSPS) is 14.5. The van der Waals surface area contributed by atoms with Crippen LogP contribution in [0.4, 0.5) is 0 Å². The standard InChI is InChI=1S/C24H49N2O7P/c1-5-6-7-8-9-10-11-12-13-14-15-16-17-18-23(27)25-22(24(28)29)21-33-34(30,31)32-20-19-26(2,3)4/h22H,5-21H2,1-4H3,(H2-,25,27,28,29,30,31)/p+1/t22-/m1/s1. The Kier molecular flexibility index (Phi) is 18.7. The fourth-order valence-electron chi connectivity index (χ4n) is 3.38. The molecular weight excluding hydrogens is 459 g/mol. The molecule has 10 heteroatoms. The van der Waals surface area contributed by atoms with Crippen molar-refractivity contribution in [3.05, 3.63) is 0 Å². The molecule has 0 aliphatic rings. The van der Waals surface area contributed by atoms with Gasteiger partial charge in [-0.1, -0.05) is 84.0 Å². The number of rotatable bonds is 23. The van der Waals surface area contributed by atoms with E-state index in [1.165, 1.54) is 57.8 Å². The smallest absolute Gasteiger partial charge is 0.472 e. The summed E-state index contributed by atoms with van der Waals surface area (Å²) in [5, 5.41) is 11.6. The van der Waals surface area contributed by atoms with Gasteiger partial charge in [0.2, 0.25) is 5.91 Å². The molecule has 2 atom stereocenters. The average molecular weight is 510 g/mol. The molecule has 0 spiro atoms. The van der Waals surface area contributed by atoms with Gasteiger partial charge < -0.3 is 19.8 Å². The third-order valence-corrected chi connectivity index (χ3v) is 6.55. The lowest BCUT2D eigenvalue weighted by Gasteiger charge is -2.24. The molecule has 0 rings (SSSR count). The Morgan fingerprint density at radius 2 is 1.32 bits per heavy atom. The summed E-state index contributed by atoms with van der Waals surface area (Å²) >= 11 is 0. The van der Waals surface area contributed by atoms with Gasteiger partial charge in [-0.25, -0.2) is 9.36 Å². The molecule has 1 unspecified atom stereocenters. The fourth-order valence-corrected chi connectivity index (χ4v) is 4.10. The first-order valence-corrected chi connectivity index (χ1v) is 14.4. The number of phosphoric ester groups is 1. The molecule has 0 saturated heterocycles. The Morgan fingerprint density at radius 3 is 1.76 bits per heavy atom. The van der Waals surface area contributed by atoms with E-state index in [-0.39, 0.29) is 13.0 Å². The minimum Gasteiger partial charge on any atom is -0.480 e. The molecule has 0 radical (unpaired) electrons. The van der Waals surface area contributed by atoms with E-state index in [0.29, 0.717) is 17.4 Å². The van der Waals surface area contributed by atoms with E-state index in [1.54, 1.807) is 0 Å². The number of carbonyl (C=O) groups excluding carboxylic acids is 1. The number of carbonyl (C=O) groups is 2. The van der Waals surface area contributed by atoms with E-state index in [2.05, 4.69) is 12.2 Å². The van der Waals surface area contributed by atoms with E-state index in [9.17, 15) is 24.2 Å². The number of carboxylic acids is 1. The molecule has 0 heterocycles. The summed E-state index contributed by atoms with van der Waals surface area (Å²) in [4.78, 5) is 33.2. The van der Waals surface area contributed by atoms with E-state index < -0.39 is 32.3 Å². The minimum absolute atomic E-state index is 0.0135. The monoisotopic (exact) mass is 509 g/mol.